The molecule has 0 fully saturated rings. The molecule has 0 radical (unpaired) electrons. The molecule has 0 atom stereocenters. The van der Waals surface area contributed by atoms with Crippen LogP contribution in [-0.4, -0.2) is 17.5 Å². The van der Waals surface area contributed by atoms with Crippen LogP contribution < -0.4 is 0 Å². The second kappa shape index (κ2) is 7.30. The molecule has 17 heavy (non-hydrogen) atoms. The Bertz CT molecular complexity index is 420. The maximum atomic E-state index is 10.4. The Hall–Kier alpha value is -2.00. The van der Waals surface area contributed by atoms with Gasteiger partial charge in [-0.15, -0.1) is 0 Å². The minimum atomic E-state index is -0.438. The van der Waals surface area contributed by atoms with Crippen molar-refractivity contribution in [2.75, 3.05) is 6.54 Å². The SMILES string of the molecule is CCCCCN=C=Nc1ccc([N+](=O)[O-])cc1. The summed E-state index contributed by atoms with van der Waals surface area (Å²) >= 11 is 0. The molecular weight excluding hydrogens is 218 g/mol. The van der Waals surface area contributed by atoms with Crippen molar-refractivity contribution < 1.29 is 4.92 Å². The first-order valence-corrected chi connectivity index (χ1v) is 5.60. The third-order valence-corrected chi connectivity index (χ3v) is 2.18. The number of benzene rings is 1. The summed E-state index contributed by atoms with van der Waals surface area (Å²) in [7, 11) is 0. The highest BCUT2D eigenvalue weighted by molar-refractivity contribution is 5.54. The van der Waals surface area contributed by atoms with E-state index >= 15 is 0 Å². The van der Waals surface area contributed by atoms with Crippen LogP contribution in [0.5, 0.6) is 0 Å². The van der Waals surface area contributed by atoms with Crippen LogP contribution in [0, 0.1) is 10.1 Å². The lowest BCUT2D eigenvalue weighted by Gasteiger charge is -1.91. The van der Waals surface area contributed by atoms with Gasteiger partial charge in [-0.05, 0) is 18.6 Å². The van der Waals surface area contributed by atoms with E-state index < -0.39 is 4.92 Å². The summed E-state index contributed by atoms with van der Waals surface area (Å²) in [6, 6.07) is 8.57. The molecule has 0 heterocycles. The zero-order valence-electron chi connectivity index (χ0n) is 9.80. The maximum Gasteiger partial charge on any atom is 0.269 e. The van der Waals surface area contributed by atoms with Gasteiger partial charge < -0.3 is 0 Å². The summed E-state index contributed by atoms with van der Waals surface area (Å²) in [6.07, 6.45) is 3.36. The molecule has 0 aliphatic rings. The smallest absolute Gasteiger partial charge is 0.258 e. The summed E-state index contributed by atoms with van der Waals surface area (Å²) in [6.45, 7) is 2.86. The van der Waals surface area contributed by atoms with Crippen molar-refractivity contribution in [1.82, 2.24) is 0 Å². The van der Waals surface area contributed by atoms with Crippen LogP contribution >= 0.6 is 0 Å². The van der Waals surface area contributed by atoms with E-state index in [0.717, 1.165) is 25.8 Å². The standard InChI is InChI=1S/C12H15N3O2/c1-2-3-4-9-13-10-14-11-5-7-12(8-6-11)15(16)17/h5-8H,2-4,9H2,1H3. The number of rotatable bonds is 6. The minimum Gasteiger partial charge on any atom is -0.258 e. The van der Waals surface area contributed by atoms with Crippen LogP contribution in [0.1, 0.15) is 26.2 Å². The van der Waals surface area contributed by atoms with Crippen molar-refractivity contribution in [3.05, 3.63) is 34.4 Å². The van der Waals surface area contributed by atoms with E-state index in [-0.39, 0.29) is 5.69 Å². The first-order chi connectivity index (χ1) is 8.24. The van der Waals surface area contributed by atoms with Crippen LogP contribution in [0.3, 0.4) is 0 Å². The Kier molecular flexibility index (Phi) is 5.61. The van der Waals surface area contributed by atoms with Gasteiger partial charge in [0.1, 0.15) is 0 Å². The van der Waals surface area contributed by atoms with Crippen molar-refractivity contribution in [2.24, 2.45) is 9.98 Å². The molecule has 0 unspecified atom stereocenters. The molecule has 0 bridgehead atoms. The van der Waals surface area contributed by atoms with Crippen molar-refractivity contribution in [3.63, 3.8) is 0 Å². The Morgan fingerprint density at radius 2 is 2.00 bits per heavy atom. The molecule has 0 N–H and O–H groups in total. The second-order valence-corrected chi connectivity index (χ2v) is 3.57. The lowest BCUT2D eigenvalue weighted by Crippen LogP contribution is -1.85. The molecular formula is C12H15N3O2. The third kappa shape index (κ3) is 5.04. The van der Waals surface area contributed by atoms with Crippen molar-refractivity contribution >= 4 is 17.4 Å². The van der Waals surface area contributed by atoms with Gasteiger partial charge >= 0.3 is 0 Å². The molecule has 0 aromatic heterocycles. The minimum absolute atomic E-state index is 0.0591. The van der Waals surface area contributed by atoms with Crippen LogP contribution in [0.15, 0.2) is 34.3 Å². The van der Waals surface area contributed by atoms with Gasteiger partial charge in [0.05, 0.1) is 16.6 Å². The van der Waals surface area contributed by atoms with Crippen LogP contribution in [0.25, 0.3) is 0 Å². The number of hydrogen-bond acceptors (Lipinski definition) is 4. The molecule has 0 saturated carbocycles. The van der Waals surface area contributed by atoms with Gasteiger partial charge in [0.25, 0.3) is 5.69 Å². The zero-order chi connectivity index (χ0) is 12.5. The van der Waals surface area contributed by atoms with Crippen molar-refractivity contribution in [3.8, 4) is 0 Å². The number of unbranched alkanes of at least 4 members (excludes halogenated alkanes) is 2. The van der Waals surface area contributed by atoms with E-state index in [9.17, 15) is 10.1 Å². The maximum absolute atomic E-state index is 10.4. The van der Waals surface area contributed by atoms with Gasteiger partial charge in [-0.2, -0.15) is 4.99 Å². The lowest BCUT2D eigenvalue weighted by atomic mass is 10.2. The third-order valence-electron chi connectivity index (χ3n) is 2.18. The molecule has 0 aliphatic heterocycles. The Balaban J connectivity index is 2.51. The summed E-state index contributed by atoms with van der Waals surface area (Å²) in [4.78, 5) is 18.0. The lowest BCUT2D eigenvalue weighted by molar-refractivity contribution is -0.384. The van der Waals surface area contributed by atoms with E-state index in [2.05, 4.69) is 22.9 Å². The first-order valence-electron chi connectivity index (χ1n) is 5.60. The average molecular weight is 233 g/mol. The fraction of sp³-hybridized carbons (Fsp3) is 0.417. The largest absolute Gasteiger partial charge is 0.269 e. The average Bonchev–Trinajstić information content (AvgIpc) is 2.34. The molecule has 0 amide bonds. The molecule has 1 rings (SSSR count). The van der Waals surface area contributed by atoms with Crippen LogP contribution in [-0.2, 0) is 0 Å². The van der Waals surface area contributed by atoms with E-state index in [1.54, 1.807) is 12.1 Å². The fourth-order valence-corrected chi connectivity index (χ4v) is 1.23. The van der Waals surface area contributed by atoms with Gasteiger partial charge in [0.2, 0.25) is 0 Å². The highest BCUT2D eigenvalue weighted by atomic mass is 16.6. The van der Waals surface area contributed by atoms with Crippen molar-refractivity contribution in [2.45, 2.75) is 26.2 Å². The molecule has 0 saturated heterocycles. The van der Waals surface area contributed by atoms with Gasteiger partial charge in [-0.3, -0.25) is 10.1 Å². The summed E-state index contributed by atoms with van der Waals surface area (Å²) in [5.74, 6) is 0. The fourth-order valence-electron chi connectivity index (χ4n) is 1.23. The highest BCUT2D eigenvalue weighted by Crippen LogP contribution is 2.16. The second-order valence-electron chi connectivity index (χ2n) is 3.57. The van der Waals surface area contributed by atoms with E-state index in [1.807, 2.05) is 0 Å². The number of nitrogens with zero attached hydrogens (tertiary/aromatic N) is 3. The molecule has 5 nitrogen and oxygen atoms in total. The van der Waals surface area contributed by atoms with Gasteiger partial charge in [-0.1, -0.05) is 19.8 Å². The number of nitro groups is 1. The first kappa shape index (κ1) is 13.1. The molecule has 1 aromatic carbocycles. The zero-order valence-corrected chi connectivity index (χ0v) is 9.80. The Morgan fingerprint density at radius 3 is 2.59 bits per heavy atom. The van der Waals surface area contributed by atoms with Gasteiger partial charge in [0, 0.05) is 18.7 Å². The molecule has 5 heteroatoms. The molecule has 1 aromatic rings. The number of non-ortho nitro benzene ring substituents is 1. The van der Waals surface area contributed by atoms with Crippen LogP contribution in [0.2, 0.25) is 0 Å². The Labute approximate surface area is 100 Å². The van der Waals surface area contributed by atoms with Crippen LogP contribution in [0.4, 0.5) is 11.4 Å². The normalized spacial score (nSPS) is 9.47. The van der Waals surface area contributed by atoms with Crippen molar-refractivity contribution in [1.29, 1.82) is 0 Å². The quantitative estimate of drug-likeness (QED) is 0.326. The highest BCUT2D eigenvalue weighted by Gasteiger charge is 2.02. The number of hydrogen-bond donors (Lipinski definition) is 0. The molecule has 90 valence electrons. The topological polar surface area (TPSA) is 67.9 Å². The predicted octanol–water partition coefficient (Wildman–Crippen LogP) is 3.59. The van der Waals surface area contributed by atoms with E-state index in [0.29, 0.717) is 5.69 Å². The summed E-state index contributed by atoms with van der Waals surface area (Å²) in [5, 5.41) is 10.4. The van der Waals surface area contributed by atoms with E-state index in [4.69, 9.17) is 0 Å². The number of aliphatic imine (C=N–C) groups is 2. The molecule has 0 spiro atoms. The Morgan fingerprint density at radius 1 is 1.29 bits per heavy atom. The summed E-state index contributed by atoms with van der Waals surface area (Å²) in [5.41, 5.74) is 0.679. The summed E-state index contributed by atoms with van der Waals surface area (Å²) < 4.78 is 0. The predicted molar refractivity (Wildman–Crippen MR) is 67.0 cm³/mol. The monoisotopic (exact) mass is 233 g/mol. The molecule has 0 aliphatic carbocycles. The number of nitro benzene ring substituents is 1. The van der Waals surface area contributed by atoms with E-state index in [1.165, 1.54) is 12.1 Å². The van der Waals surface area contributed by atoms with Gasteiger partial charge in [0.15, 0.2) is 0 Å². The van der Waals surface area contributed by atoms with Gasteiger partial charge in [-0.25, -0.2) is 4.99 Å².